The molecule has 8 heteroatoms. The fraction of sp³-hybridized carbons (Fsp3) is 0.348. The molecule has 4 heterocycles. The summed E-state index contributed by atoms with van der Waals surface area (Å²) in [4.78, 5) is 14.4. The van der Waals surface area contributed by atoms with Gasteiger partial charge in [0.2, 0.25) is 0 Å². The summed E-state index contributed by atoms with van der Waals surface area (Å²) in [7, 11) is 0. The van der Waals surface area contributed by atoms with E-state index in [9.17, 15) is 4.79 Å². The highest BCUT2D eigenvalue weighted by Crippen LogP contribution is 2.28. The van der Waals surface area contributed by atoms with E-state index in [1.807, 2.05) is 30.5 Å². The number of carbonyl (C=O) groups excluding carboxylic acids is 1. The third-order valence-electron chi connectivity index (χ3n) is 5.50. The van der Waals surface area contributed by atoms with Gasteiger partial charge in [0.15, 0.2) is 16.8 Å². The lowest BCUT2D eigenvalue weighted by atomic mass is 10.2. The molecule has 0 saturated heterocycles. The van der Waals surface area contributed by atoms with E-state index in [1.165, 1.54) is 16.6 Å². The minimum atomic E-state index is 0.118. The molecule has 0 amide bonds. The Hall–Kier alpha value is -2.58. The van der Waals surface area contributed by atoms with Gasteiger partial charge >= 0.3 is 0 Å². The highest BCUT2D eigenvalue weighted by atomic mass is 32.2. The summed E-state index contributed by atoms with van der Waals surface area (Å²) >= 11 is 3.21. The van der Waals surface area contributed by atoms with Crippen LogP contribution in [0.5, 0.6) is 0 Å². The summed E-state index contributed by atoms with van der Waals surface area (Å²) in [5, 5.41) is 11.5. The number of nitrogens with zero attached hydrogens (tertiary/aromatic N) is 4. The first-order chi connectivity index (χ1) is 15.0. The van der Waals surface area contributed by atoms with Gasteiger partial charge in [-0.1, -0.05) is 17.8 Å². The average molecular weight is 455 g/mol. The zero-order valence-electron chi connectivity index (χ0n) is 18.2. The number of rotatable bonds is 9. The number of carbonyl (C=O) groups is 1. The molecule has 0 saturated carbocycles. The van der Waals surface area contributed by atoms with Crippen molar-refractivity contribution in [2.75, 3.05) is 5.75 Å². The Bertz CT molecular complexity index is 1180. The Morgan fingerprint density at radius 3 is 2.71 bits per heavy atom. The molecule has 0 aliphatic heterocycles. The van der Waals surface area contributed by atoms with E-state index in [1.54, 1.807) is 17.6 Å². The van der Waals surface area contributed by atoms with Gasteiger partial charge in [-0.15, -0.1) is 21.5 Å². The molecule has 0 bridgehead atoms. The molecule has 31 heavy (non-hydrogen) atoms. The Morgan fingerprint density at radius 1 is 1.19 bits per heavy atom. The van der Waals surface area contributed by atoms with E-state index in [0.717, 1.165) is 58.8 Å². The number of thiophene rings is 1. The van der Waals surface area contributed by atoms with Crippen LogP contribution < -0.4 is 0 Å². The van der Waals surface area contributed by atoms with E-state index in [-0.39, 0.29) is 5.78 Å². The summed E-state index contributed by atoms with van der Waals surface area (Å²) in [6.07, 6.45) is 2.64. The quantitative estimate of drug-likeness (QED) is 0.245. The first kappa shape index (κ1) is 21.6. The molecule has 0 N–H and O–H groups in total. The molecule has 0 aliphatic rings. The van der Waals surface area contributed by atoms with Crippen molar-refractivity contribution < 1.29 is 9.21 Å². The summed E-state index contributed by atoms with van der Waals surface area (Å²) in [5.74, 6) is 2.03. The molecular weight excluding hydrogens is 428 g/mol. The van der Waals surface area contributed by atoms with Gasteiger partial charge in [0.1, 0.15) is 5.76 Å². The van der Waals surface area contributed by atoms with E-state index >= 15 is 0 Å². The molecule has 0 spiro atoms. The predicted octanol–water partition coefficient (Wildman–Crippen LogP) is 5.56. The van der Waals surface area contributed by atoms with Gasteiger partial charge in [0, 0.05) is 34.9 Å². The van der Waals surface area contributed by atoms with E-state index in [2.05, 4.69) is 46.1 Å². The summed E-state index contributed by atoms with van der Waals surface area (Å²) in [6, 6.07) is 8.15. The fourth-order valence-corrected chi connectivity index (χ4v) is 5.39. The Balaban J connectivity index is 1.46. The van der Waals surface area contributed by atoms with Gasteiger partial charge in [-0.05, 0) is 57.7 Å². The van der Waals surface area contributed by atoms with Crippen molar-refractivity contribution in [1.29, 1.82) is 0 Å². The molecule has 0 radical (unpaired) electrons. The van der Waals surface area contributed by atoms with Gasteiger partial charge in [0.25, 0.3) is 0 Å². The number of ketones is 1. The van der Waals surface area contributed by atoms with Crippen LogP contribution in [-0.2, 0) is 19.5 Å². The predicted molar refractivity (Wildman–Crippen MR) is 125 cm³/mol. The molecule has 4 rings (SSSR count). The Labute approximate surface area is 190 Å². The minimum absolute atomic E-state index is 0.118. The van der Waals surface area contributed by atoms with Crippen molar-refractivity contribution >= 4 is 28.9 Å². The number of hydrogen-bond donors (Lipinski definition) is 0. The second kappa shape index (κ2) is 9.28. The highest BCUT2D eigenvalue weighted by molar-refractivity contribution is 7.99. The standard InChI is InChI=1S/C23H26N4O2S2/c1-5-26-22(19-9-11-29-17(19)4)24-25-23(26)31-14-21(28)20-13-15(2)27(16(20)3)10-8-18-7-6-12-30-18/h6-7,9,11-13H,5,8,10,14H2,1-4H3. The first-order valence-electron chi connectivity index (χ1n) is 10.3. The fourth-order valence-electron chi connectivity index (χ4n) is 3.81. The zero-order chi connectivity index (χ0) is 22.0. The molecule has 0 aromatic carbocycles. The number of aromatic nitrogens is 4. The maximum Gasteiger partial charge on any atom is 0.191 e. The number of Topliss-reactive ketones (excluding diaryl/α,β-unsaturated/α-hetero) is 1. The monoisotopic (exact) mass is 454 g/mol. The van der Waals surface area contributed by atoms with Crippen LogP contribution in [-0.4, -0.2) is 30.9 Å². The second-order valence-electron chi connectivity index (χ2n) is 7.42. The van der Waals surface area contributed by atoms with Crippen LogP contribution in [0, 0.1) is 20.8 Å². The van der Waals surface area contributed by atoms with Crippen molar-refractivity contribution in [3.05, 3.63) is 63.5 Å². The SMILES string of the molecule is CCn1c(SCC(=O)c2cc(C)n(CCc3cccs3)c2C)nnc1-c1ccoc1C. The lowest BCUT2D eigenvalue weighted by Crippen LogP contribution is -2.08. The molecule has 0 atom stereocenters. The lowest BCUT2D eigenvalue weighted by Gasteiger charge is -2.09. The van der Waals surface area contributed by atoms with Crippen LogP contribution in [0.4, 0.5) is 0 Å². The van der Waals surface area contributed by atoms with Crippen molar-refractivity contribution in [2.24, 2.45) is 0 Å². The van der Waals surface area contributed by atoms with Crippen LogP contribution in [0.2, 0.25) is 0 Å². The number of aryl methyl sites for hydroxylation is 3. The summed E-state index contributed by atoms with van der Waals surface area (Å²) in [5.41, 5.74) is 3.88. The first-order valence-corrected chi connectivity index (χ1v) is 12.2. The van der Waals surface area contributed by atoms with Crippen molar-refractivity contribution in [3.63, 3.8) is 0 Å². The topological polar surface area (TPSA) is 65.8 Å². The number of thioether (sulfide) groups is 1. The maximum atomic E-state index is 13.0. The van der Waals surface area contributed by atoms with Crippen LogP contribution in [0.1, 0.15) is 39.3 Å². The minimum Gasteiger partial charge on any atom is -0.469 e. The summed E-state index contributed by atoms with van der Waals surface area (Å²) < 4.78 is 9.68. The lowest BCUT2D eigenvalue weighted by molar-refractivity contribution is 0.102. The van der Waals surface area contributed by atoms with Crippen LogP contribution in [0.15, 0.2) is 45.5 Å². The van der Waals surface area contributed by atoms with Crippen LogP contribution in [0.25, 0.3) is 11.4 Å². The van der Waals surface area contributed by atoms with Crippen molar-refractivity contribution in [2.45, 2.75) is 52.4 Å². The normalized spacial score (nSPS) is 11.4. The van der Waals surface area contributed by atoms with Crippen LogP contribution in [0.3, 0.4) is 0 Å². The van der Waals surface area contributed by atoms with E-state index in [4.69, 9.17) is 4.42 Å². The van der Waals surface area contributed by atoms with Gasteiger partial charge in [-0.25, -0.2) is 0 Å². The Morgan fingerprint density at radius 2 is 2.03 bits per heavy atom. The second-order valence-corrected chi connectivity index (χ2v) is 9.39. The van der Waals surface area contributed by atoms with E-state index < -0.39 is 0 Å². The highest BCUT2D eigenvalue weighted by Gasteiger charge is 2.20. The maximum absolute atomic E-state index is 13.0. The van der Waals surface area contributed by atoms with Crippen molar-refractivity contribution in [3.8, 4) is 11.4 Å². The van der Waals surface area contributed by atoms with Crippen LogP contribution >= 0.6 is 23.1 Å². The smallest absolute Gasteiger partial charge is 0.191 e. The third-order valence-corrected chi connectivity index (χ3v) is 7.40. The molecule has 162 valence electrons. The van der Waals surface area contributed by atoms with Gasteiger partial charge in [-0.3, -0.25) is 4.79 Å². The average Bonchev–Trinajstić information content (AvgIpc) is 3.53. The molecule has 0 aliphatic carbocycles. The number of hydrogen-bond acceptors (Lipinski definition) is 6. The van der Waals surface area contributed by atoms with E-state index in [0.29, 0.717) is 5.75 Å². The van der Waals surface area contributed by atoms with Gasteiger partial charge in [-0.2, -0.15) is 0 Å². The molecular formula is C23H26N4O2S2. The molecule has 4 aromatic rings. The molecule has 0 unspecified atom stereocenters. The number of furan rings is 1. The molecule has 0 fully saturated rings. The van der Waals surface area contributed by atoms with Gasteiger partial charge < -0.3 is 13.6 Å². The largest absolute Gasteiger partial charge is 0.469 e. The third kappa shape index (κ3) is 4.41. The Kier molecular flexibility index (Phi) is 6.48. The zero-order valence-corrected chi connectivity index (χ0v) is 19.8. The molecule has 6 nitrogen and oxygen atoms in total. The van der Waals surface area contributed by atoms with Crippen molar-refractivity contribution in [1.82, 2.24) is 19.3 Å². The molecule has 4 aromatic heterocycles. The van der Waals surface area contributed by atoms with Gasteiger partial charge in [0.05, 0.1) is 17.6 Å². The summed E-state index contributed by atoms with van der Waals surface area (Å²) in [6.45, 7) is 9.67.